The molecule has 0 aliphatic rings. The summed E-state index contributed by atoms with van der Waals surface area (Å²) >= 11 is 6.25. The van der Waals surface area contributed by atoms with Crippen LogP contribution in [0.25, 0.3) is 34.0 Å². The maximum Gasteiger partial charge on any atom is 0.293 e. The number of furan rings is 1. The Morgan fingerprint density at radius 3 is 2.60 bits per heavy atom. The molecule has 0 atom stereocenters. The molecule has 6 heteroatoms. The van der Waals surface area contributed by atoms with Gasteiger partial charge in [0.05, 0.1) is 11.6 Å². The minimum Gasteiger partial charge on any atom is -0.451 e. The van der Waals surface area contributed by atoms with Gasteiger partial charge in [0, 0.05) is 10.9 Å². The second kappa shape index (κ2) is 6.02. The number of rotatable bonds is 3. The van der Waals surface area contributed by atoms with Gasteiger partial charge in [0.25, 0.3) is 5.89 Å². The van der Waals surface area contributed by atoms with Crippen LogP contribution in [0.3, 0.4) is 0 Å². The Hall–Kier alpha value is -2.63. The third-order valence-electron chi connectivity index (χ3n) is 4.19. The molecule has 0 aliphatic heterocycles. The number of nitrogens with zero attached hydrogens (tertiary/aromatic N) is 2. The first-order chi connectivity index (χ1) is 12.1. The quantitative estimate of drug-likeness (QED) is 0.565. The van der Waals surface area contributed by atoms with Gasteiger partial charge in [-0.3, -0.25) is 0 Å². The lowest BCUT2D eigenvalue weighted by molar-refractivity contribution is 0.282. The monoisotopic (exact) mass is 354 g/mol. The van der Waals surface area contributed by atoms with E-state index in [-0.39, 0.29) is 6.61 Å². The lowest BCUT2D eigenvalue weighted by Gasteiger charge is -2.01. The zero-order valence-corrected chi connectivity index (χ0v) is 14.5. The van der Waals surface area contributed by atoms with Crippen LogP contribution < -0.4 is 0 Å². The van der Waals surface area contributed by atoms with E-state index in [2.05, 4.69) is 16.2 Å². The number of hydrogen-bond donors (Lipinski definition) is 1. The van der Waals surface area contributed by atoms with Crippen molar-refractivity contribution in [2.24, 2.45) is 0 Å². The van der Waals surface area contributed by atoms with Crippen molar-refractivity contribution in [3.05, 3.63) is 58.1 Å². The van der Waals surface area contributed by atoms with Crippen LogP contribution in [0.2, 0.25) is 5.02 Å². The molecular weight excluding hydrogens is 340 g/mol. The summed E-state index contributed by atoms with van der Waals surface area (Å²) in [5.74, 6) is 1.19. The summed E-state index contributed by atoms with van der Waals surface area (Å²) in [7, 11) is 0. The summed E-state index contributed by atoms with van der Waals surface area (Å²) in [5, 5.41) is 14.7. The van der Waals surface area contributed by atoms with E-state index < -0.39 is 0 Å². The van der Waals surface area contributed by atoms with Gasteiger partial charge in [-0.05, 0) is 48.7 Å². The minimum absolute atomic E-state index is 0.0742. The molecule has 0 aliphatic carbocycles. The summed E-state index contributed by atoms with van der Waals surface area (Å²) in [6.07, 6.45) is 0. The number of hydrogen-bond acceptors (Lipinski definition) is 5. The fourth-order valence-corrected chi connectivity index (χ4v) is 3.06. The third kappa shape index (κ3) is 2.71. The van der Waals surface area contributed by atoms with Crippen LogP contribution in [0, 0.1) is 13.8 Å². The Balaban J connectivity index is 1.77. The molecule has 2 aromatic heterocycles. The molecule has 2 aromatic carbocycles. The molecule has 2 heterocycles. The SMILES string of the molecule is Cc1ccc(C)c2oc(-c3nc(-c4ccc(CO)cc4Cl)no3)cc12. The average molecular weight is 355 g/mol. The van der Waals surface area contributed by atoms with Crippen molar-refractivity contribution in [2.75, 3.05) is 0 Å². The van der Waals surface area contributed by atoms with Gasteiger partial charge in [0.1, 0.15) is 5.58 Å². The van der Waals surface area contributed by atoms with Crippen molar-refractivity contribution < 1.29 is 14.0 Å². The van der Waals surface area contributed by atoms with Crippen molar-refractivity contribution in [1.82, 2.24) is 10.1 Å². The molecule has 0 amide bonds. The number of aromatic nitrogens is 2. The molecule has 0 unspecified atom stereocenters. The lowest BCUT2D eigenvalue weighted by Crippen LogP contribution is -1.87. The summed E-state index contributed by atoms with van der Waals surface area (Å²) in [4.78, 5) is 4.40. The zero-order chi connectivity index (χ0) is 17.6. The highest BCUT2D eigenvalue weighted by Crippen LogP contribution is 2.33. The number of aryl methyl sites for hydroxylation is 2. The maximum absolute atomic E-state index is 9.17. The highest BCUT2D eigenvalue weighted by atomic mass is 35.5. The van der Waals surface area contributed by atoms with Gasteiger partial charge in [0.2, 0.25) is 5.82 Å². The number of fused-ring (bicyclic) bond motifs is 1. The highest BCUT2D eigenvalue weighted by molar-refractivity contribution is 6.33. The minimum atomic E-state index is -0.0742. The molecule has 0 saturated heterocycles. The lowest BCUT2D eigenvalue weighted by atomic mass is 10.1. The predicted octanol–water partition coefficient (Wildman–Crippen LogP) is 4.91. The molecule has 0 spiro atoms. The second-order valence-electron chi connectivity index (χ2n) is 5.95. The molecule has 0 saturated carbocycles. The van der Waals surface area contributed by atoms with Crippen LogP contribution in [-0.2, 0) is 6.61 Å². The normalized spacial score (nSPS) is 11.4. The van der Waals surface area contributed by atoms with Gasteiger partial charge in [-0.2, -0.15) is 4.98 Å². The standard InChI is InChI=1S/C19H15ClN2O3/c1-10-3-4-11(2)17-14(10)8-16(24-17)19-21-18(22-25-19)13-6-5-12(9-23)7-15(13)20/h3-8,23H,9H2,1-2H3. The fraction of sp³-hybridized carbons (Fsp3) is 0.158. The van der Waals surface area contributed by atoms with Crippen LogP contribution in [0.15, 0.2) is 45.3 Å². The van der Waals surface area contributed by atoms with Gasteiger partial charge in [0.15, 0.2) is 5.76 Å². The molecule has 126 valence electrons. The van der Waals surface area contributed by atoms with Gasteiger partial charge < -0.3 is 14.0 Å². The van der Waals surface area contributed by atoms with E-state index in [1.807, 2.05) is 26.0 Å². The Morgan fingerprint density at radius 1 is 1.08 bits per heavy atom. The van der Waals surface area contributed by atoms with Crippen LogP contribution in [0.1, 0.15) is 16.7 Å². The molecular formula is C19H15ClN2O3. The van der Waals surface area contributed by atoms with Crippen molar-refractivity contribution in [3.8, 4) is 23.0 Å². The number of aliphatic hydroxyl groups excluding tert-OH is 1. The van der Waals surface area contributed by atoms with Gasteiger partial charge >= 0.3 is 0 Å². The number of halogens is 1. The zero-order valence-electron chi connectivity index (χ0n) is 13.7. The van der Waals surface area contributed by atoms with Gasteiger partial charge in [-0.1, -0.05) is 35.0 Å². The summed E-state index contributed by atoms with van der Waals surface area (Å²) in [6.45, 7) is 3.95. The Labute approximate surface area is 148 Å². The van der Waals surface area contributed by atoms with Gasteiger partial charge in [-0.15, -0.1) is 0 Å². The summed E-state index contributed by atoms with van der Waals surface area (Å²) in [6, 6.07) is 11.2. The number of aliphatic hydroxyl groups is 1. The fourth-order valence-electron chi connectivity index (χ4n) is 2.77. The summed E-state index contributed by atoms with van der Waals surface area (Å²) < 4.78 is 11.3. The maximum atomic E-state index is 9.17. The second-order valence-corrected chi connectivity index (χ2v) is 6.36. The highest BCUT2D eigenvalue weighted by Gasteiger charge is 2.18. The van der Waals surface area contributed by atoms with E-state index in [0.717, 1.165) is 27.7 Å². The van der Waals surface area contributed by atoms with E-state index in [0.29, 0.717) is 28.1 Å². The van der Waals surface area contributed by atoms with Crippen molar-refractivity contribution in [2.45, 2.75) is 20.5 Å². The number of benzene rings is 2. The van der Waals surface area contributed by atoms with E-state index >= 15 is 0 Å². The first kappa shape index (κ1) is 15.9. The van der Waals surface area contributed by atoms with Crippen molar-refractivity contribution in [1.29, 1.82) is 0 Å². The third-order valence-corrected chi connectivity index (χ3v) is 4.50. The van der Waals surface area contributed by atoms with Crippen LogP contribution >= 0.6 is 11.6 Å². The molecule has 25 heavy (non-hydrogen) atoms. The Kier molecular flexibility index (Phi) is 3.82. The molecule has 1 N–H and O–H groups in total. The molecule has 0 radical (unpaired) electrons. The predicted molar refractivity (Wildman–Crippen MR) is 95.3 cm³/mol. The van der Waals surface area contributed by atoms with Crippen LogP contribution in [-0.4, -0.2) is 15.2 Å². The summed E-state index contributed by atoms with van der Waals surface area (Å²) in [5.41, 5.74) is 4.35. The molecule has 5 nitrogen and oxygen atoms in total. The first-order valence-corrected chi connectivity index (χ1v) is 8.18. The van der Waals surface area contributed by atoms with Gasteiger partial charge in [-0.25, -0.2) is 0 Å². The Bertz CT molecular complexity index is 1040. The van der Waals surface area contributed by atoms with Crippen molar-refractivity contribution in [3.63, 3.8) is 0 Å². The molecule has 4 rings (SSSR count). The van der Waals surface area contributed by atoms with E-state index in [1.165, 1.54) is 0 Å². The van der Waals surface area contributed by atoms with E-state index in [4.69, 9.17) is 25.6 Å². The topological polar surface area (TPSA) is 72.3 Å². The smallest absolute Gasteiger partial charge is 0.293 e. The van der Waals surface area contributed by atoms with Crippen LogP contribution in [0.5, 0.6) is 0 Å². The molecule has 4 aromatic rings. The molecule has 0 bridgehead atoms. The largest absolute Gasteiger partial charge is 0.451 e. The van der Waals surface area contributed by atoms with E-state index in [1.54, 1.807) is 18.2 Å². The average Bonchev–Trinajstić information content (AvgIpc) is 3.25. The Morgan fingerprint density at radius 2 is 1.88 bits per heavy atom. The van der Waals surface area contributed by atoms with E-state index in [9.17, 15) is 0 Å². The van der Waals surface area contributed by atoms with Crippen molar-refractivity contribution >= 4 is 22.6 Å². The van der Waals surface area contributed by atoms with Crippen LogP contribution in [0.4, 0.5) is 0 Å². The first-order valence-electron chi connectivity index (χ1n) is 7.80. The molecule has 0 fully saturated rings.